The standard InChI is InChI=1S/C21H29N3O/c1-13-8-9-16-18(10-13)24(22-16)23-17-12-14(20(2,3)4)11-15(19(17)25)21(5,6)7/h8-12,22-23,25H,1-7H3/p+1. The van der Waals surface area contributed by atoms with Crippen LogP contribution < -0.4 is 16.0 Å². The summed E-state index contributed by atoms with van der Waals surface area (Å²) in [6.07, 6.45) is 0. The van der Waals surface area contributed by atoms with Gasteiger partial charge >= 0.3 is 0 Å². The molecule has 0 unspecified atom stereocenters. The average molecular weight is 340 g/mol. The van der Waals surface area contributed by atoms with Crippen molar-refractivity contribution >= 4 is 17.1 Å². The highest BCUT2D eigenvalue weighted by Gasteiger charge is 2.31. The molecule has 0 spiro atoms. The fraction of sp³-hybridized carbons (Fsp3) is 0.429. The van der Waals surface area contributed by atoms with Crippen molar-refractivity contribution in [3.05, 3.63) is 47.0 Å². The lowest BCUT2D eigenvalue weighted by molar-refractivity contribution is -0.604. The van der Waals surface area contributed by atoms with Crippen molar-refractivity contribution < 1.29 is 10.5 Å². The molecule has 0 saturated heterocycles. The molecule has 4 nitrogen and oxygen atoms in total. The number of hydrazine groups is 1. The van der Waals surface area contributed by atoms with Gasteiger partial charge in [0, 0.05) is 11.6 Å². The molecule has 134 valence electrons. The fourth-order valence-electron chi connectivity index (χ4n) is 3.06. The maximum absolute atomic E-state index is 10.9. The van der Waals surface area contributed by atoms with Gasteiger partial charge in [0.2, 0.25) is 0 Å². The van der Waals surface area contributed by atoms with Crippen LogP contribution in [0.3, 0.4) is 0 Å². The summed E-state index contributed by atoms with van der Waals surface area (Å²) >= 11 is 0. The molecule has 25 heavy (non-hydrogen) atoms. The van der Waals surface area contributed by atoms with Crippen LogP contribution >= 0.6 is 0 Å². The molecular formula is C21H30N3O+. The van der Waals surface area contributed by atoms with E-state index in [2.05, 4.69) is 89.6 Å². The van der Waals surface area contributed by atoms with Gasteiger partial charge in [0.1, 0.15) is 11.4 Å². The van der Waals surface area contributed by atoms with E-state index in [-0.39, 0.29) is 10.8 Å². The molecule has 0 radical (unpaired) electrons. The van der Waals surface area contributed by atoms with Gasteiger partial charge in [-0.05, 0) is 41.0 Å². The van der Waals surface area contributed by atoms with Crippen LogP contribution in [0.15, 0.2) is 30.3 Å². The Hall–Kier alpha value is -2.20. The van der Waals surface area contributed by atoms with Gasteiger partial charge in [-0.15, -0.1) is 5.12 Å². The SMILES string of the molecule is Cc1ccc2c(c1)N(Nc1cc(C(C)(C)C)cc(C(C)(C)C)c1O)[NH2+]2. The minimum Gasteiger partial charge on any atom is -0.505 e. The number of nitrogens with two attached hydrogens (primary N) is 1. The lowest BCUT2D eigenvalue weighted by Crippen LogP contribution is -2.97. The van der Waals surface area contributed by atoms with Gasteiger partial charge < -0.3 is 5.11 Å². The topological polar surface area (TPSA) is 52.1 Å². The largest absolute Gasteiger partial charge is 0.505 e. The van der Waals surface area contributed by atoms with Crippen LogP contribution in [0.2, 0.25) is 0 Å². The first-order chi connectivity index (χ1) is 11.5. The summed E-state index contributed by atoms with van der Waals surface area (Å²) in [6.45, 7) is 15.1. The van der Waals surface area contributed by atoms with E-state index in [9.17, 15) is 5.11 Å². The molecule has 4 heteroatoms. The molecule has 2 aromatic carbocycles. The quantitative estimate of drug-likeness (QED) is 0.435. The molecule has 4 N–H and O–H groups in total. The Kier molecular flexibility index (Phi) is 3.99. The van der Waals surface area contributed by atoms with E-state index in [1.54, 1.807) is 0 Å². The van der Waals surface area contributed by atoms with Crippen LogP contribution in [0, 0.1) is 6.92 Å². The Morgan fingerprint density at radius 1 is 0.960 bits per heavy atom. The van der Waals surface area contributed by atoms with Crippen molar-refractivity contribution in [3.63, 3.8) is 0 Å². The van der Waals surface area contributed by atoms with Gasteiger partial charge in [-0.1, -0.05) is 53.7 Å². The zero-order valence-electron chi connectivity index (χ0n) is 16.4. The van der Waals surface area contributed by atoms with E-state index in [0.717, 1.165) is 16.9 Å². The van der Waals surface area contributed by atoms with E-state index in [0.29, 0.717) is 5.75 Å². The normalized spacial score (nSPS) is 14.1. The summed E-state index contributed by atoms with van der Waals surface area (Å²) in [5.74, 6) is 0.329. The number of nitrogens with one attached hydrogen (secondary N) is 1. The highest BCUT2D eigenvalue weighted by molar-refractivity contribution is 5.72. The van der Waals surface area contributed by atoms with E-state index < -0.39 is 0 Å². The van der Waals surface area contributed by atoms with Crippen LogP contribution in [0.4, 0.5) is 17.1 Å². The van der Waals surface area contributed by atoms with Gasteiger partial charge in [-0.25, -0.2) is 0 Å². The fourth-order valence-corrected chi connectivity index (χ4v) is 3.06. The van der Waals surface area contributed by atoms with Crippen LogP contribution in [0.1, 0.15) is 58.2 Å². The van der Waals surface area contributed by atoms with Crippen molar-refractivity contribution in [3.8, 4) is 5.75 Å². The number of phenols is 1. The van der Waals surface area contributed by atoms with Gasteiger partial charge in [-0.3, -0.25) is 5.43 Å². The van der Waals surface area contributed by atoms with Gasteiger partial charge in [0.15, 0.2) is 11.4 Å². The zero-order valence-corrected chi connectivity index (χ0v) is 16.4. The van der Waals surface area contributed by atoms with Crippen molar-refractivity contribution in [2.75, 3.05) is 10.5 Å². The molecule has 0 bridgehead atoms. The van der Waals surface area contributed by atoms with Gasteiger partial charge in [0.05, 0.1) is 0 Å². The maximum atomic E-state index is 10.9. The molecule has 0 aromatic heterocycles. The highest BCUT2D eigenvalue weighted by Crippen LogP contribution is 2.41. The lowest BCUT2D eigenvalue weighted by atomic mass is 9.80. The summed E-state index contributed by atoms with van der Waals surface area (Å²) in [6, 6.07) is 10.6. The van der Waals surface area contributed by atoms with Crippen molar-refractivity contribution in [2.24, 2.45) is 0 Å². The van der Waals surface area contributed by atoms with E-state index in [4.69, 9.17) is 0 Å². The lowest BCUT2D eigenvalue weighted by Gasteiger charge is -2.33. The zero-order chi connectivity index (χ0) is 18.6. The van der Waals surface area contributed by atoms with Crippen molar-refractivity contribution in [2.45, 2.75) is 59.3 Å². The second-order valence-corrected chi connectivity index (χ2v) is 9.09. The number of fused-ring (bicyclic) bond motifs is 1. The molecule has 1 aliphatic rings. The number of nitrogens with zero attached hydrogens (tertiary/aromatic N) is 1. The number of aromatic hydroxyl groups is 1. The Labute approximate surface area is 150 Å². The molecule has 3 rings (SSSR count). The minimum atomic E-state index is -0.130. The first kappa shape index (κ1) is 17.6. The number of aryl methyl sites for hydroxylation is 1. The molecule has 0 aliphatic carbocycles. The molecule has 1 aliphatic heterocycles. The third kappa shape index (κ3) is 3.31. The number of hydrogen-bond donors (Lipinski definition) is 3. The second-order valence-electron chi connectivity index (χ2n) is 9.09. The Morgan fingerprint density at radius 3 is 2.24 bits per heavy atom. The number of anilines is 2. The molecule has 0 amide bonds. The molecule has 2 aromatic rings. The van der Waals surface area contributed by atoms with Gasteiger partial charge in [-0.2, -0.15) is 5.43 Å². The predicted molar refractivity (Wildman–Crippen MR) is 104 cm³/mol. The number of quaternary nitrogens is 1. The van der Waals surface area contributed by atoms with Crippen LogP contribution in [0.5, 0.6) is 5.75 Å². The van der Waals surface area contributed by atoms with Crippen LogP contribution in [-0.2, 0) is 10.8 Å². The number of hydrogen-bond acceptors (Lipinski definition) is 3. The second kappa shape index (κ2) is 5.67. The summed E-state index contributed by atoms with van der Waals surface area (Å²) < 4.78 is 0. The van der Waals surface area contributed by atoms with Crippen molar-refractivity contribution in [1.29, 1.82) is 0 Å². The van der Waals surface area contributed by atoms with Gasteiger partial charge in [0.25, 0.3) is 0 Å². The summed E-state index contributed by atoms with van der Waals surface area (Å²) in [4.78, 5) is 0. The number of rotatable bonds is 2. The molecular weight excluding hydrogens is 310 g/mol. The average Bonchev–Trinajstić information content (AvgIpc) is 2.46. The summed E-state index contributed by atoms with van der Waals surface area (Å²) in [7, 11) is 0. The summed E-state index contributed by atoms with van der Waals surface area (Å²) in [5.41, 5.74) is 11.8. The minimum absolute atomic E-state index is 0.0112. The first-order valence-corrected chi connectivity index (χ1v) is 8.86. The number of phenolic OH excluding ortho intramolecular Hbond substituents is 1. The van der Waals surface area contributed by atoms with E-state index >= 15 is 0 Å². The predicted octanol–water partition coefficient (Wildman–Crippen LogP) is 4.25. The third-order valence-electron chi connectivity index (χ3n) is 4.74. The van der Waals surface area contributed by atoms with E-state index in [1.807, 2.05) is 5.12 Å². The highest BCUT2D eigenvalue weighted by atomic mass is 16.3. The Morgan fingerprint density at radius 2 is 1.64 bits per heavy atom. The Balaban J connectivity index is 2.01. The molecule has 0 atom stereocenters. The molecule has 1 heterocycles. The maximum Gasteiger partial charge on any atom is 0.186 e. The molecule has 0 saturated carbocycles. The monoisotopic (exact) mass is 340 g/mol. The van der Waals surface area contributed by atoms with E-state index in [1.165, 1.54) is 16.8 Å². The number of benzene rings is 2. The molecule has 0 fully saturated rings. The third-order valence-corrected chi connectivity index (χ3v) is 4.74. The smallest absolute Gasteiger partial charge is 0.186 e. The van der Waals surface area contributed by atoms with Crippen LogP contribution in [-0.4, -0.2) is 5.11 Å². The van der Waals surface area contributed by atoms with Crippen molar-refractivity contribution in [1.82, 2.24) is 0 Å². The van der Waals surface area contributed by atoms with Crippen LogP contribution in [0.25, 0.3) is 0 Å². The summed E-state index contributed by atoms with van der Waals surface area (Å²) in [5, 5.41) is 12.9. The Bertz CT molecular complexity index is 813. The first-order valence-electron chi connectivity index (χ1n) is 8.86.